The van der Waals surface area contributed by atoms with Crippen molar-refractivity contribution in [1.82, 2.24) is 4.90 Å². The van der Waals surface area contributed by atoms with Crippen LogP contribution >= 0.6 is 0 Å². The highest BCUT2D eigenvalue weighted by Gasteiger charge is 2.33. The molecule has 1 aliphatic heterocycles. The molecular formula is C16H23F3N2O. The Hall–Kier alpha value is -1.27. The fourth-order valence-electron chi connectivity index (χ4n) is 2.78. The molecule has 124 valence electrons. The summed E-state index contributed by atoms with van der Waals surface area (Å²) in [6, 6.07) is 7.03. The van der Waals surface area contributed by atoms with Crippen LogP contribution < -0.4 is 10.5 Å². The third kappa shape index (κ3) is 4.88. The van der Waals surface area contributed by atoms with Gasteiger partial charge in [0.15, 0.2) is 6.61 Å². The van der Waals surface area contributed by atoms with Gasteiger partial charge in [0.05, 0.1) is 0 Å². The number of halogens is 3. The summed E-state index contributed by atoms with van der Waals surface area (Å²) in [6.07, 6.45) is -3.39. The Labute approximate surface area is 129 Å². The van der Waals surface area contributed by atoms with Gasteiger partial charge in [0.25, 0.3) is 0 Å². The van der Waals surface area contributed by atoms with Crippen LogP contribution in [0.1, 0.15) is 25.8 Å². The monoisotopic (exact) mass is 316 g/mol. The van der Waals surface area contributed by atoms with Gasteiger partial charge in [-0.25, -0.2) is 0 Å². The van der Waals surface area contributed by atoms with E-state index >= 15 is 0 Å². The molecule has 0 radical (unpaired) electrons. The van der Waals surface area contributed by atoms with Crippen LogP contribution in [-0.4, -0.2) is 36.8 Å². The summed E-state index contributed by atoms with van der Waals surface area (Å²) in [5.41, 5.74) is 7.11. The minimum absolute atomic E-state index is 0.0443. The van der Waals surface area contributed by atoms with E-state index in [2.05, 4.69) is 18.7 Å². The van der Waals surface area contributed by atoms with Gasteiger partial charge in [0.1, 0.15) is 5.75 Å². The second kappa shape index (κ2) is 6.46. The smallest absolute Gasteiger partial charge is 0.422 e. The second-order valence-corrected chi connectivity index (χ2v) is 6.65. The number of piperidine rings is 1. The van der Waals surface area contributed by atoms with Gasteiger partial charge < -0.3 is 10.5 Å². The number of nitrogens with two attached hydrogens (primary N) is 1. The molecule has 0 spiro atoms. The normalized spacial score (nSPS) is 22.5. The summed E-state index contributed by atoms with van der Waals surface area (Å²) in [4.78, 5) is 2.28. The summed E-state index contributed by atoms with van der Waals surface area (Å²) >= 11 is 0. The molecule has 1 heterocycles. The van der Waals surface area contributed by atoms with E-state index in [1.54, 1.807) is 18.2 Å². The quantitative estimate of drug-likeness (QED) is 0.927. The van der Waals surface area contributed by atoms with Crippen LogP contribution in [0.5, 0.6) is 5.75 Å². The first-order valence-corrected chi connectivity index (χ1v) is 7.42. The third-order valence-corrected chi connectivity index (χ3v) is 4.10. The van der Waals surface area contributed by atoms with Crippen molar-refractivity contribution in [2.24, 2.45) is 11.1 Å². The van der Waals surface area contributed by atoms with Crippen LogP contribution in [-0.2, 0) is 6.54 Å². The Morgan fingerprint density at radius 2 is 2.09 bits per heavy atom. The first kappa shape index (κ1) is 17.1. The van der Waals surface area contributed by atoms with Crippen LogP contribution in [0, 0.1) is 5.41 Å². The topological polar surface area (TPSA) is 38.5 Å². The first-order chi connectivity index (χ1) is 10.2. The van der Waals surface area contributed by atoms with E-state index in [1.807, 2.05) is 6.07 Å². The van der Waals surface area contributed by atoms with Gasteiger partial charge in [-0.05, 0) is 29.5 Å². The molecule has 1 aliphatic rings. The Bertz CT molecular complexity index is 502. The molecule has 0 bridgehead atoms. The number of ether oxygens (including phenoxy) is 1. The Balaban J connectivity index is 1.96. The number of likely N-dealkylation sites (tertiary alicyclic amines) is 1. The molecule has 2 rings (SSSR count). The van der Waals surface area contributed by atoms with Crippen molar-refractivity contribution in [1.29, 1.82) is 0 Å². The van der Waals surface area contributed by atoms with Crippen molar-refractivity contribution in [3.8, 4) is 5.75 Å². The van der Waals surface area contributed by atoms with Gasteiger partial charge in [-0.1, -0.05) is 26.0 Å². The molecule has 22 heavy (non-hydrogen) atoms. The zero-order valence-electron chi connectivity index (χ0n) is 13.0. The molecule has 1 atom stereocenters. The maximum Gasteiger partial charge on any atom is 0.422 e. The molecule has 0 amide bonds. The van der Waals surface area contributed by atoms with Crippen molar-refractivity contribution >= 4 is 0 Å². The number of nitrogens with zero attached hydrogens (tertiary/aromatic N) is 1. The van der Waals surface area contributed by atoms with Crippen molar-refractivity contribution < 1.29 is 17.9 Å². The summed E-state index contributed by atoms with van der Waals surface area (Å²) in [5.74, 6) is 0.253. The molecule has 0 aromatic heterocycles. The van der Waals surface area contributed by atoms with Gasteiger partial charge in [-0.2, -0.15) is 13.2 Å². The molecule has 1 saturated heterocycles. The van der Waals surface area contributed by atoms with Gasteiger partial charge in [0.2, 0.25) is 0 Å². The number of alkyl halides is 3. The number of hydrogen-bond donors (Lipinski definition) is 1. The van der Waals surface area contributed by atoms with E-state index in [0.29, 0.717) is 6.54 Å². The minimum Gasteiger partial charge on any atom is -0.484 e. The zero-order valence-corrected chi connectivity index (χ0v) is 13.0. The molecule has 2 N–H and O–H groups in total. The van der Waals surface area contributed by atoms with Crippen LogP contribution in [0.2, 0.25) is 0 Å². The van der Waals surface area contributed by atoms with E-state index in [0.717, 1.165) is 25.1 Å². The van der Waals surface area contributed by atoms with Gasteiger partial charge in [0, 0.05) is 25.7 Å². The predicted molar refractivity (Wildman–Crippen MR) is 79.6 cm³/mol. The van der Waals surface area contributed by atoms with Crippen LogP contribution in [0.25, 0.3) is 0 Å². The fourth-order valence-corrected chi connectivity index (χ4v) is 2.78. The van der Waals surface area contributed by atoms with E-state index in [-0.39, 0.29) is 17.2 Å². The van der Waals surface area contributed by atoms with Crippen LogP contribution in [0.3, 0.4) is 0 Å². The standard InChI is InChI=1S/C16H23F3N2O/c1-15(2)10-21(7-6-14(15)20)9-12-4-3-5-13(8-12)22-11-16(17,18)19/h3-5,8,14H,6-7,9-11,20H2,1-2H3. The van der Waals surface area contributed by atoms with Crippen LogP contribution in [0.4, 0.5) is 13.2 Å². The van der Waals surface area contributed by atoms with E-state index in [4.69, 9.17) is 10.5 Å². The Morgan fingerprint density at radius 1 is 1.36 bits per heavy atom. The number of benzene rings is 1. The molecule has 1 fully saturated rings. The number of hydrogen-bond acceptors (Lipinski definition) is 3. The fraction of sp³-hybridized carbons (Fsp3) is 0.625. The predicted octanol–water partition coefficient (Wildman–Crippen LogP) is 3.19. The third-order valence-electron chi connectivity index (χ3n) is 4.10. The average Bonchev–Trinajstić information content (AvgIpc) is 2.40. The Morgan fingerprint density at radius 3 is 2.73 bits per heavy atom. The molecule has 0 saturated carbocycles. The lowest BCUT2D eigenvalue weighted by Gasteiger charge is -2.42. The van der Waals surface area contributed by atoms with Gasteiger partial charge in [-0.3, -0.25) is 4.90 Å². The lowest BCUT2D eigenvalue weighted by Crippen LogP contribution is -2.52. The van der Waals surface area contributed by atoms with Crippen molar-refractivity contribution in [3.63, 3.8) is 0 Å². The maximum atomic E-state index is 12.2. The van der Waals surface area contributed by atoms with E-state index in [9.17, 15) is 13.2 Å². The van der Waals surface area contributed by atoms with E-state index in [1.165, 1.54) is 0 Å². The molecule has 1 unspecified atom stereocenters. The summed E-state index contributed by atoms with van der Waals surface area (Å²) in [7, 11) is 0. The summed E-state index contributed by atoms with van der Waals surface area (Å²) in [6.45, 7) is 5.50. The highest BCUT2D eigenvalue weighted by atomic mass is 19.4. The number of rotatable bonds is 4. The van der Waals surface area contributed by atoms with Gasteiger partial charge in [-0.15, -0.1) is 0 Å². The summed E-state index contributed by atoms with van der Waals surface area (Å²) in [5, 5.41) is 0. The van der Waals surface area contributed by atoms with Gasteiger partial charge >= 0.3 is 6.18 Å². The maximum absolute atomic E-state index is 12.2. The largest absolute Gasteiger partial charge is 0.484 e. The zero-order chi connectivity index (χ0) is 16.4. The molecule has 0 aliphatic carbocycles. The van der Waals surface area contributed by atoms with E-state index < -0.39 is 12.8 Å². The average molecular weight is 316 g/mol. The lowest BCUT2D eigenvalue weighted by molar-refractivity contribution is -0.153. The molecule has 3 nitrogen and oxygen atoms in total. The SMILES string of the molecule is CC1(C)CN(Cc2cccc(OCC(F)(F)F)c2)CCC1N. The van der Waals surface area contributed by atoms with Crippen molar-refractivity contribution in [2.75, 3.05) is 19.7 Å². The summed E-state index contributed by atoms with van der Waals surface area (Å²) < 4.78 is 41.4. The van der Waals surface area contributed by atoms with Crippen molar-refractivity contribution in [2.45, 2.75) is 39.0 Å². The highest BCUT2D eigenvalue weighted by Crippen LogP contribution is 2.29. The highest BCUT2D eigenvalue weighted by molar-refractivity contribution is 5.28. The Kier molecular flexibility index (Phi) is 5.02. The first-order valence-electron chi connectivity index (χ1n) is 7.42. The van der Waals surface area contributed by atoms with Crippen LogP contribution in [0.15, 0.2) is 24.3 Å². The molecule has 6 heteroatoms. The second-order valence-electron chi connectivity index (χ2n) is 6.65. The van der Waals surface area contributed by atoms with Crippen molar-refractivity contribution in [3.05, 3.63) is 29.8 Å². The lowest BCUT2D eigenvalue weighted by atomic mass is 9.79. The molecule has 1 aromatic rings. The molecule has 1 aromatic carbocycles. The minimum atomic E-state index is -4.32. The molecular weight excluding hydrogens is 293 g/mol.